The molecule has 1 amide bonds. The summed E-state index contributed by atoms with van der Waals surface area (Å²) >= 11 is 0. The number of nitrogen functional groups attached to an aromatic ring is 1. The molecule has 0 fully saturated rings. The SMILES string of the molecule is CCNC(=O)c1c(-c2ccccc2)c(C(C)Nc2ncnc(N)c2C#N)nc2ccc(F)cc12. The monoisotopic (exact) mass is 455 g/mol. The third kappa shape index (κ3) is 4.21. The Hall–Kier alpha value is -4.58. The fraction of sp³-hybridized carbons (Fsp3) is 0.160. The van der Waals surface area contributed by atoms with Crippen molar-refractivity contribution in [2.24, 2.45) is 0 Å². The summed E-state index contributed by atoms with van der Waals surface area (Å²) in [7, 11) is 0. The molecule has 0 saturated carbocycles. The molecule has 2 aromatic carbocycles. The Morgan fingerprint density at radius 2 is 1.97 bits per heavy atom. The number of hydrogen-bond acceptors (Lipinski definition) is 7. The van der Waals surface area contributed by atoms with E-state index in [1.54, 1.807) is 6.07 Å². The van der Waals surface area contributed by atoms with Crippen LogP contribution in [0.3, 0.4) is 0 Å². The summed E-state index contributed by atoms with van der Waals surface area (Å²) in [5.74, 6) is -0.493. The number of benzene rings is 2. The first-order chi connectivity index (χ1) is 16.4. The highest BCUT2D eigenvalue weighted by atomic mass is 19.1. The third-order valence-corrected chi connectivity index (χ3v) is 5.35. The second-order valence-corrected chi connectivity index (χ2v) is 7.59. The highest BCUT2D eigenvalue weighted by molar-refractivity contribution is 6.12. The van der Waals surface area contributed by atoms with Crippen LogP contribution in [0.1, 0.15) is 41.5 Å². The summed E-state index contributed by atoms with van der Waals surface area (Å²) in [6, 6.07) is 15.0. The minimum atomic E-state index is -0.501. The number of rotatable bonds is 6. The van der Waals surface area contributed by atoms with Gasteiger partial charge in [-0.15, -0.1) is 0 Å². The van der Waals surface area contributed by atoms with E-state index in [2.05, 4.69) is 20.6 Å². The number of nitriles is 1. The lowest BCUT2D eigenvalue weighted by atomic mass is 9.91. The minimum Gasteiger partial charge on any atom is -0.382 e. The molecule has 4 rings (SSSR count). The van der Waals surface area contributed by atoms with Gasteiger partial charge in [0.2, 0.25) is 0 Å². The normalized spacial score (nSPS) is 11.6. The summed E-state index contributed by atoms with van der Waals surface area (Å²) in [5.41, 5.74) is 8.58. The van der Waals surface area contributed by atoms with E-state index in [4.69, 9.17) is 10.7 Å². The predicted octanol–water partition coefficient (Wildman–Crippen LogP) is 4.21. The molecule has 0 bridgehead atoms. The van der Waals surface area contributed by atoms with Crippen molar-refractivity contribution in [3.05, 3.63) is 77.5 Å². The first kappa shape index (κ1) is 22.6. The van der Waals surface area contributed by atoms with Crippen LogP contribution in [0.15, 0.2) is 54.9 Å². The van der Waals surface area contributed by atoms with E-state index in [9.17, 15) is 14.4 Å². The van der Waals surface area contributed by atoms with Crippen molar-refractivity contribution in [2.75, 3.05) is 17.6 Å². The van der Waals surface area contributed by atoms with Crippen LogP contribution >= 0.6 is 0 Å². The van der Waals surface area contributed by atoms with Gasteiger partial charge in [0.1, 0.15) is 35.4 Å². The Morgan fingerprint density at radius 3 is 2.68 bits per heavy atom. The lowest BCUT2D eigenvalue weighted by molar-refractivity contribution is 0.0958. The highest BCUT2D eigenvalue weighted by Crippen LogP contribution is 2.36. The molecule has 170 valence electrons. The zero-order valence-corrected chi connectivity index (χ0v) is 18.6. The minimum absolute atomic E-state index is 0.0560. The van der Waals surface area contributed by atoms with Crippen molar-refractivity contribution in [1.29, 1.82) is 5.26 Å². The maximum absolute atomic E-state index is 14.2. The summed E-state index contributed by atoms with van der Waals surface area (Å²) in [6.07, 6.45) is 1.26. The number of fused-ring (bicyclic) bond motifs is 1. The average Bonchev–Trinajstić information content (AvgIpc) is 2.83. The molecule has 0 aliphatic carbocycles. The van der Waals surface area contributed by atoms with Crippen LogP contribution in [0.5, 0.6) is 0 Å². The predicted molar refractivity (Wildman–Crippen MR) is 128 cm³/mol. The average molecular weight is 455 g/mol. The van der Waals surface area contributed by atoms with E-state index in [1.165, 1.54) is 18.5 Å². The molecule has 0 radical (unpaired) electrons. The Labute approximate surface area is 195 Å². The molecule has 0 spiro atoms. The van der Waals surface area contributed by atoms with Crippen LogP contribution in [0, 0.1) is 17.1 Å². The number of nitrogens with zero attached hydrogens (tertiary/aromatic N) is 4. The molecule has 8 nitrogen and oxygen atoms in total. The number of aromatic nitrogens is 3. The van der Waals surface area contributed by atoms with Crippen molar-refractivity contribution in [3.63, 3.8) is 0 Å². The van der Waals surface area contributed by atoms with Crippen molar-refractivity contribution in [1.82, 2.24) is 20.3 Å². The number of anilines is 2. The van der Waals surface area contributed by atoms with Crippen LogP contribution in [0.25, 0.3) is 22.0 Å². The van der Waals surface area contributed by atoms with E-state index in [0.717, 1.165) is 5.56 Å². The van der Waals surface area contributed by atoms with Crippen LogP contribution in [-0.4, -0.2) is 27.4 Å². The van der Waals surface area contributed by atoms with Crippen molar-refractivity contribution in [2.45, 2.75) is 19.9 Å². The van der Waals surface area contributed by atoms with E-state index < -0.39 is 11.9 Å². The number of nitrogens with one attached hydrogen (secondary N) is 2. The van der Waals surface area contributed by atoms with E-state index in [1.807, 2.05) is 50.2 Å². The standard InChI is InChI=1S/C25H22FN7O/c1-3-29-25(34)21-17-11-16(26)9-10-19(17)33-22(20(21)15-7-5-4-6-8-15)14(2)32-24-18(12-27)23(28)30-13-31-24/h4-11,13-14H,3H2,1-2H3,(H,29,34)(H3,28,30,31,32). The maximum Gasteiger partial charge on any atom is 0.252 e. The van der Waals surface area contributed by atoms with Gasteiger partial charge >= 0.3 is 0 Å². The van der Waals surface area contributed by atoms with Gasteiger partial charge in [-0.2, -0.15) is 5.26 Å². The summed E-state index contributed by atoms with van der Waals surface area (Å²) in [6.45, 7) is 4.06. The van der Waals surface area contributed by atoms with Gasteiger partial charge in [-0.05, 0) is 37.6 Å². The molecule has 0 aliphatic heterocycles. The number of pyridine rings is 1. The number of halogens is 1. The van der Waals surface area contributed by atoms with Gasteiger partial charge in [0.15, 0.2) is 0 Å². The summed E-state index contributed by atoms with van der Waals surface area (Å²) < 4.78 is 14.2. The molecule has 4 N–H and O–H groups in total. The molecule has 1 atom stereocenters. The molecule has 9 heteroatoms. The lowest BCUT2D eigenvalue weighted by Crippen LogP contribution is -2.25. The topological polar surface area (TPSA) is 130 Å². The number of carbonyl (C=O) groups is 1. The Balaban J connectivity index is 1.99. The van der Waals surface area contributed by atoms with E-state index in [0.29, 0.717) is 34.3 Å². The molecule has 2 heterocycles. The Bertz CT molecular complexity index is 1420. The first-order valence-corrected chi connectivity index (χ1v) is 10.7. The van der Waals surface area contributed by atoms with Gasteiger partial charge < -0.3 is 16.4 Å². The van der Waals surface area contributed by atoms with Gasteiger partial charge in [0.05, 0.1) is 22.8 Å². The van der Waals surface area contributed by atoms with Gasteiger partial charge in [0, 0.05) is 17.5 Å². The largest absolute Gasteiger partial charge is 0.382 e. The quantitative estimate of drug-likeness (QED) is 0.397. The smallest absolute Gasteiger partial charge is 0.252 e. The van der Waals surface area contributed by atoms with Gasteiger partial charge in [-0.1, -0.05) is 30.3 Å². The number of nitrogens with two attached hydrogens (primary N) is 1. The van der Waals surface area contributed by atoms with Crippen LogP contribution < -0.4 is 16.4 Å². The zero-order valence-electron chi connectivity index (χ0n) is 18.6. The fourth-order valence-corrected chi connectivity index (χ4v) is 3.84. The number of amides is 1. The molecule has 0 aliphatic rings. The molecule has 0 saturated heterocycles. The van der Waals surface area contributed by atoms with Crippen LogP contribution in [-0.2, 0) is 0 Å². The highest BCUT2D eigenvalue weighted by Gasteiger charge is 2.25. The van der Waals surface area contributed by atoms with Gasteiger partial charge in [-0.25, -0.2) is 19.3 Å². The number of hydrogen-bond donors (Lipinski definition) is 3. The second kappa shape index (κ2) is 9.50. The molecule has 1 unspecified atom stereocenters. The van der Waals surface area contributed by atoms with Crippen molar-refractivity contribution in [3.8, 4) is 17.2 Å². The molecule has 34 heavy (non-hydrogen) atoms. The van der Waals surface area contributed by atoms with E-state index in [-0.39, 0.29) is 23.1 Å². The summed E-state index contributed by atoms with van der Waals surface area (Å²) in [4.78, 5) is 26.1. The molecular weight excluding hydrogens is 433 g/mol. The van der Waals surface area contributed by atoms with Crippen LogP contribution in [0.4, 0.5) is 16.0 Å². The van der Waals surface area contributed by atoms with Gasteiger partial charge in [-0.3, -0.25) is 4.79 Å². The Morgan fingerprint density at radius 1 is 1.21 bits per heavy atom. The Kier molecular flexibility index (Phi) is 6.32. The van der Waals surface area contributed by atoms with Crippen LogP contribution in [0.2, 0.25) is 0 Å². The zero-order chi connectivity index (χ0) is 24.2. The van der Waals surface area contributed by atoms with Gasteiger partial charge in [0.25, 0.3) is 5.91 Å². The summed E-state index contributed by atoms with van der Waals surface area (Å²) in [5, 5.41) is 15.9. The van der Waals surface area contributed by atoms with Crippen molar-refractivity contribution < 1.29 is 9.18 Å². The second-order valence-electron chi connectivity index (χ2n) is 7.59. The maximum atomic E-state index is 14.2. The number of carbonyl (C=O) groups excluding carboxylic acids is 1. The van der Waals surface area contributed by atoms with E-state index >= 15 is 0 Å². The fourth-order valence-electron chi connectivity index (χ4n) is 3.84. The molecular formula is C25H22FN7O. The molecule has 4 aromatic rings. The lowest BCUT2D eigenvalue weighted by Gasteiger charge is -2.22. The molecule has 2 aromatic heterocycles. The first-order valence-electron chi connectivity index (χ1n) is 10.7. The third-order valence-electron chi connectivity index (χ3n) is 5.35. The van der Waals surface area contributed by atoms with Crippen molar-refractivity contribution >= 4 is 28.4 Å².